The lowest BCUT2D eigenvalue weighted by Crippen LogP contribution is -2.52. The highest BCUT2D eigenvalue weighted by Crippen LogP contribution is 2.35. The molecule has 0 aromatic rings. The Kier molecular flexibility index (Phi) is 4.28. The molecule has 0 spiro atoms. The number of urea groups is 1. The lowest BCUT2D eigenvalue weighted by Gasteiger charge is -2.33. The smallest absolute Gasteiger partial charge is 0.327 e. The summed E-state index contributed by atoms with van der Waals surface area (Å²) in [6.45, 7) is 7.69. The number of carbonyl (C=O) groups is 2. The number of nitrogens with zero attached hydrogens (tertiary/aromatic N) is 2. The van der Waals surface area contributed by atoms with E-state index in [1.54, 1.807) is 16.7 Å². The summed E-state index contributed by atoms with van der Waals surface area (Å²) in [5, 5.41) is 9.28. The van der Waals surface area contributed by atoms with Gasteiger partial charge in [-0.3, -0.25) is 4.90 Å². The van der Waals surface area contributed by atoms with Gasteiger partial charge in [0.25, 0.3) is 0 Å². The second kappa shape index (κ2) is 5.61. The number of aliphatic carboxylic acids is 1. The number of amides is 2. The standard InChI is InChI=1S/C13H22N2O3S/c1-8(2)11-15(10(7-19-11)12(16)17)13(18)14-5-4-9(3)6-14/h8-11H,4-7H2,1-3H3,(H,16,17). The molecule has 6 heteroatoms. The van der Waals surface area contributed by atoms with Crippen LogP contribution in [0.3, 0.4) is 0 Å². The van der Waals surface area contributed by atoms with E-state index in [1.165, 1.54) is 0 Å². The minimum absolute atomic E-state index is 0.0236. The lowest BCUT2D eigenvalue weighted by molar-refractivity contribution is -0.141. The zero-order valence-corrected chi connectivity index (χ0v) is 12.5. The van der Waals surface area contributed by atoms with Crippen LogP contribution in [0, 0.1) is 11.8 Å². The zero-order valence-electron chi connectivity index (χ0n) is 11.7. The van der Waals surface area contributed by atoms with Crippen LogP contribution >= 0.6 is 11.8 Å². The Labute approximate surface area is 118 Å². The predicted molar refractivity (Wildman–Crippen MR) is 75.1 cm³/mol. The zero-order chi connectivity index (χ0) is 14.2. The van der Waals surface area contributed by atoms with Crippen molar-refractivity contribution in [2.45, 2.75) is 38.6 Å². The highest BCUT2D eigenvalue weighted by Gasteiger charge is 2.45. The molecular formula is C13H22N2O3S. The van der Waals surface area contributed by atoms with Crippen LogP contribution in [0.25, 0.3) is 0 Å². The van der Waals surface area contributed by atoms with Crippen molar-refractivity contribution in [1.29, 1.82) is 0 Å². The van der Waals surface area contributed by atoms with Crippen LogP contribution in [0.5, 0.6) is 0 Å². The molecule has 1 N–H and O–H groups in total. The summed E-state index contributed by atoms with van der Waals surface area (Å²) in [7, 11) is 0. The summed E-state index contributed by atoms with van der Waals surface area (Å²) in [4.78, 5) is 27.3. The van der Waals surface area contributed by atoms with Crippen molar-refractivity contribution < 1.29 is 14.7 Å². The fourth-order valence-corrected chi connectivity index (χ4v) is 4.21. The Balaban J connectivity index is 2.16. The topological polar surface area (TPSA) is 60.9 Å². The summed E-state index contributed by atoms with van der Waals surface area (Å²) in [6.07, 6.45) is 1.01. The van der Waals surface area contributed by atoms with Gasteiger partial charge in [0.15, 0.2) is 0 Å². The summed E-state index contributed by atoms with van der Waals surface area (Å²) in [5.41, 5.74) is 0. The molecule has 2 aliphatic rings. The molecule has 3 atom stereocenters. The number of carboxylic acids is 1. The number of rotatable bonds is 2. The normalized spacial score (nSPS) is 31.3. The van der Waals surface area contributed by atoms with Crippen LogP contribution < -0.4 is 0 Å². The van der Waals surface area contributed by atoms with Crippen molar-refractivity contribution in [3.63, 3.8) is 0 Å². The molecule has 5 nitrogen and oxygen atoms in total. The van der Waals surface area contributed by atoms with Crippen molar-refractivity contribution in [2.75, 3.05) is 18.8 Å². The van der Waals surface area contributed by atoms with E-state index in [4.69, 9.17) is 0 Å². The number of thioether (sulfide) groups is 1. The third kappa shape index (κ3) is 2.83. The number of hydrogen-bond acceptors (Lipinski definition) is 3. The third-order valence-electron chi connectivity index (χ3n) is 3.81. The SMILES string of the molecule is CC1CCN(C(=O)N2C(C(=O)O)CSC2C(C)C)C1. The summed E-state index contributed by atoms with van der Waals surface area (Å²) >= 11 is 1.58. The van der Waals surface area contributed by atoms with Gasteiger partial charge < -0.3 is 10.0 Å². The maximum absolute atomic E-state index is 12.6. The van der Waals surface area contributed by atoms with Gasteiger partial charge in [0, 0.05) is 18.8 Å². The van der Waals surface area contributed by atoms with Gasteiger partial charge in [-0.1, -0.05) is 20.8 Å². The van der Waals surface area contributed by atoms with Crippen LogP contribution in [-0.4, -0.2) is 57.2 Å². The van der Waals surface area contributed by atoms with E-state index in [0.29, 0.717) is 11.7 Å². The summed E-state index contributed by atoms with van der Waals surface area (Å²) in [6, 6.07) is -0.777. The molecule has 0 aliphatic carbocycles. The molecule has 2 aliphatic heterocycles. The van der Waals surface area contributed by atoms with Gasteiger partial charge in [0.05, 0.1) is 5.37 Å². The van der Waals surface area contributed by atoms with E-state index < -0.39 is 12.0 Å². The monoisotopic (exact) mass is 286 g/mol. The van der Waals surface area contributed by atoms with Crippen LogP contribution in [0.4, 0.5) is 4.79 Å². The molecule has 0 saturated carbocycles. The number of likely N-dealkylation sites (tertiary alicyclic amines) is 1. The fourth-order valence-electron chi connectivity index (χ4n) is 2.75. The van der Waals surface area contributed by atoms with E-state index in [1.807, 2.05) is 18.7 Å². The van der Waals surface area contributed by atoms with E-state index in [0.717, 1.165) is 19.5 Å². The van der Waals surface area contributed by atoms with Gasteiger partial charge >= 0.3 is 12.0 Å². The molecule has 0 aromatic carbocycles. The molecule has 108 valence electrons. The van der Waals surface area contributed by atoms with Gasteiger partial charge in [-0.05, 0) is 18.3 Å². The summed E-state index contributed by atoms with van der Waals surface area (Å²) in [5.74, 6) is 0.377. The molecule has 2 fully saturated rings. The second-order valence-electron chi connectivity index (χ2n) is 5.85. The minimum Gasteiger partial charge on any atom is -0.480 e. The van der Waals surface area contributed by atoms with Crippen molar-refractivity contribution in [1.82, 2.24) is 9.80 Å². The van der Waals surface area contributed by atoms with Crippen molar-refractivity contribution in [2.24, 2.45) is 11.8 Å². The number of carboxylic acid groups (broad SMARTS) is 1. The second-order valence-corrected chi connectivity index (χ2v) is 7.00. The first-order valence-electron chi connectivity index (χ1n) is 6.83. The molecule has 19 heavy (non-hydrogen) atoms. The first kappa shape index (κ1) is 14.5. The van der Waals surface area contributed by atoms with E-state index in [-0.39, 0.29) is 17.3 Å². The Morgan fingerprint density at radius 1 is 1.37 bits per heavy atom. The third-order valence-corrected chi connectivity index (χ3v) is 5.43. The lowest BCUT2D eigenvalue weighted by atomic mass is 10.1. The maximum Gasteiger partial charge on any atom is 0.327 e. The minimum atomic E-state index is -0.892. The Hall–Kier alpha value is -0.910. The quantitative estimate of drug-likeness (QED) is 0.842. The first-order chi connectivity index (χ1) is 8.91. The predicted octanol–water partition coefficient (Wildman–Crippen LogP) is 1.93. The Morgan fingerprint density at radius 3 is 2.53 bits per heavy atom. The average Bonchev–Trinajstić information content (AvgIpc) is 2.93. The van der Waals surface area contributed by atoms with Crippen LogP contribution in [0.1, 0.15) is 27.2 Å². The molecular weight excluding hydrogens is 264 g/mol. The number of hydrogen-bond donors (Lipinski definition) is 1. The van der Waals surface area contributed by atoms with E-state index in [9.17, 15) is 14.7 Å². The number of carbonyl (C=O) groups excluding carboxylic acids is 1. The Morgan fingerprint density at radius 2 is 2.05 bits per heavy atom. The molecule has 2 amide bonds. The molecule has 0 aromatic heterocycles. The van der Waals surface area contributed by atoms with Gasteiger partial charge in [-0.15, -0.1) is 11.8 Å². The largest absolute Gasteiger partial charge is 0.480 e. The van der Waals surface area contributed by atoms with Gasteiger partial charge in [-0.2, -0.15) is 0 Å². The molecule has 2 rings (SSSR count). The molecule has 2 heterocycles. The maximum atomic E-state index is 12.6. The van der Waals surface area contributed by atoms with Gasteiger partial charge in [0.1, 0.15) is 6.04 Å². The average molecular weight is 286 g/mol. The van der Waals surface area contributed by atoms with Crippen molar-refractivity contribution in [3.05, 3.63) is 0 Å². The van der Waals surface area contributed by atoms with Crippen LogP contribution in [0.2, 0.25) is 0 Å². The van der Waals surface area contributed by atoms with Gasteiger partial charge in [0.2, 0.25) is 0 Å². The molecule has 3 unspecified atom stereocenters. The molecule has 0 radical (unpaired) electrons. The van der Waals surface area contributed by atoms with E-state index in [2.05, 4.69) is 6.92 Å². The van der Waals surface area contributed by atoms with E-state index >= 15 is 0 Å². The van der Waals surface area contributed by atoms with Crippen LogP contribution in [0.15, 0.2) is 0 Å². The Bertz CT molecular complexity index is 375. The highest BCUT2D eigenvalue weighted by atomic mass is 32.2. The molecule has 0 bridgehead atoms. The summed E-state index contributed by atoms with van der Waals surface area (Å²) < 4.78 is 0. The molecule has 2 saturated heterocycles. The van der Waals surface area contributed by atoms with Crippen molar-refractivity contribution >= 4 is 23.8 Å². The van der Waals surface area contributed by atoms with Crippen LogP contribution in [-0.2, 0) is 4.79 Å². The first-order valence-corrected chi connectivity index (χ1v) is 7.88. The fraction of sp³-hybridized carbons (Fsp3) is 0.846. The van der Waals surface area contributed by atoms with Crippen molar-refractivity contribution in [3.8, 4) is 0 Å². The van der Waals surface area contributed by atoms with Gasteiger partial charge in [-0.25, -0.2) is 9.59 Å². The highest BCUT2D eigenvalue weighted by molar-refractivity contribution is 8.00.